The molecule has 0 atom stereocenters. The number of nitro groups is 1. The summed E-state index contributed by atoms with van der Waals surface area (Å²) < 4.78 is 10.0. The molecular formula is C16H17N3O7. The molecule has 26 heavy (non-hydrogen) atoms. The number of nitrogens with zero attached hydrogens (tertiary/aromatic N) is 1. The summed E-state index contributed by atoms with van der Waals surface area (Å²) in [7, 11) is 0. The van der Waals surface area contributed by atoms with Gasteiger partial charge in [0.05, 0.1) is 34.9 Å². The van der Waals surface area contributed by atoms with Gasteiger partial charge < -0.3 is 20.1 Å². The first kappa shape index (κ1) is 18.9. The van der Waals surface area contributed by atoms with Crippen molar-refractivity contribution in [2.45, 2.75) is 13.8 Å². The van der Waals surface area contributed by atoms with Gasteiger partial charge in [-0.1, -0.05) is 6.07 Å². The average Bonchev–Trinajstić information content (AvgIpc) is 2.59. The maximum absolute atomic E-state index is 12.3. The quantitative estimate of drug-likeness (QED) is 0.440. The summed E-state index contributed by atoms with van der Waals surface area (Å²) in [5, 5.41) is 15.8. The molecule has 0 saturated heterocycles. The van der Waals surface area contributed by atoms with E-state index in [9.17, 15) is 24.5 Å². The van der Waals surface area contributed by atoms with Gasteiger partial charge in [0.2, 0.25) is 0 Å². The van der Waals surface area contributed by atoms with Gasteiger partial charge in [0.25, 0.3) is 5.69 Å². The molecule has 0 bridgehead atoms. The third kappa shape index (κ3) is 4.15. The highest BCUT2D eigenvalue weighted by Crippen LogP contribution is 2.22. The molecule has 2 rings (SSSR count). The lowest BCUT2D eigenvalue weighted by Gasteiger charge is -2.21. The predicted octanol–water partition coefficient (Wildman–Crippen LogP) is 1.19. The SMILES string of the molecule is CCOC(=O)C1=C(COC(=O)c2cccc([N+](=O)[O-])c2C)NC(=O)NC1. The van der Waals surface area contributed by atoms with Gasteiger partial charge in [-0.2, -0.15) is 0 Å². The Labute approximate surface area is 148 Å². The van der Waals surface area contributed by atoms with E-state index in [1.54, 1.807) is 6.92 Å². The van der Waals surface area contributed by atoms with Crippen LogP contribution in [0, 0.1) is 17.0 Å². The number of nitrogens with one attached hydrogen (secondary N) is 2. The Morgan fingerprint density at radius 3 is 2.65 bits per heavy atom. The summed E-state index contributed by atoms with van der Waals surface area (Å²) in [5.74, 6) is -1.45. The van der Waals surface area contributed by atoms with E-state index in [0.29, 0.717) is 0 Å². The summed E-state index contributed by atoms with van der Waals surface area (Å²) in [6, 6.07) is 3.50. The second-order valence-electron chi connectivity index (χ2n) is 5.27. The minimum Gasteiger partial charge on any atom is -0.463 e. The van der Waals surface area contributed by atoms with Crippen LogP contribution in [0.5, 0.6) is 0 Å². The number of carbonyl (C=O) groups is 3. The second-order valence-corrected chi connectivity index (χ2v) is 5.27. The molecule has 1 aromatic carbocycles. The van der Waals surface area contributed by atoms with Crippen molar-refractivity contribution in [1.82, 2.24) is 10.6 Å². The monoisotopic (exact) mass is 363 g/mol. The Hall–Kier alpha value is -3.43. The Morgan fingerprint density at radius 2 is 2.00 bits per heavy atom. The number of esters is 2. The van der Waals surface area contributed by atoms with E-state index in [2.05, 4.69) is 10.6 Å². The molecule has 10 heteroatoms. The molecule has 1 aromatic rings. The normalized spacial score (nSPS) is 13.5. The molecule has 2 N–H and O–H groups in total. The number of carbonyl (C=O) groups excluding carboxylic acids is 3. The van der Waals surface area contributed by atoms with E-state index >= 15 is 0 Å². The summed E-state index contributed by atoms with van der Waals surface area (Å²) in [4.78, 5) is 46.0. The minimum atomic E-state index is -0.810. The van der Waals surface area contributed by atoms with Crippen molar-refractivity contribution >= 4 is 23.7 Å². The standard InChI is InChI=1S/C16H17N3O7/c1-3-25-15(21)11-7-17-16(22)18-12(11)8-26-14(20)10-5-4-6-13(9(10)2)19(23)24/h4-6H,3,7-8H2,1-2H3,(H2,17,18,22). The van der Waals surface area contributed by atoms with Crippen molar-refractivity contribution in [2.75, 3.05) is 19.8 Å². The van der Waals surface area contributed by atoms with Gasteiger partial charge in [0, 0.05) is 11.6 Å². The predicted molar refractivity (Wildman–Crippen MR) is 88.3 cm³/mol. The first-order valence-electron chi connectivity index (χ1n) is 7.70. The maximum Gasteiger partial charge on any atom is 0.339 e. The summed E-state index contributed by atoms with van der Waals surface area (Å²) in [6.45, 7) is 2.77. The fourth-order valence-electron chi connectivity index (χ4n) is 2.33. The largest absolute Gasteiger partial charge is 0.463 e. The molecule has 1 aliphatic rings. The number of rotatable bonds is 6. The van der Waals surface area contributed by atoms with Crippen LogP contribution in [0.25, 0.3) is 0 Å². The number of urea groups is 1. The van der Waals surface area contributed by atoms with Gasteiger partial charge in [-0.3, -0.25) is 10.1 Å². The molecule has 0 fully saturated rings. The summed E-state index contributed by atoms with van der Waals surface area (Å²) in [5.41, 5.74) is 0.217. The zero-order valence-electron chi connectivity index (χ0n) is 14.2. The Morgan fingerprint density at radius 1 is 1.27 bits per heavy atom. The first-order valence-corrected chi connectivity index (χ1v) is 7.70. The van der Waals surface area contributed by atoms with Crippen molar-refractivity contribution in [3.63, 3.8) is 0 Å². The van der Waals surface area contributed by atoms with Crippen LogP contribution in [0.4, 0.5) is 10.5 Å². The lowest BCUT2D eigenvalue weighted by molar-refractivity contribution is -0.385. The van der Waals surface area contributed by atoms with Crippen LogP contribution in [0.15, 0.2) is 29.5 Å². The Balaban J connectivity index is 2.19. The number of hydrogen-bond donors (Lipinski definition) is 2. The van der Waals surface area contributed by atoms with Crippen LogP contribution < -0.4 is 10.6 Å². The third-order valence-corrected chi connectivity index (χ3v) is 3.65. The van der Waals surface area contributed by atoms with Crippen LogP contribution in [-0.4, -0.2) is 42.7 Å². The van der Waals surface area contributed by atoms with E-state index in [1.165, 1.54) is 25.1 Å². The highest BCUT2D eigenvalue weighted by molar-refractivity contribution is 5.94. The number of hydrogen-bond acceptors (Lipinski definition) is 7. The van der Waals surface area contributed by atoms with E-state index in [0.717, 1.165) is 0 Å². The lowest BCUT2D eigenvalue weighted by Crippen LogP contribution is -2.45. The Bertz CT molecular complexity index is 801. The van der Waals surface area contributed by atoms with Gasteiger partial charge in [0.1, 0.15) is 6.61 Å². The van der Waals surface area contributed by atoms with Crippen LogP contribution in [0.1, 0.15) is 22.8 Å². The molecule has 138 valence electrons. The van der Waals surface area contributed by atoms with E-state index in [4.69, 9.17) is 9.47 Å². The van der Waals surface area contributed by atoms with Crippen molar-refractivity contribution in [3.05, 3.63) is 50.7 Å². The molecule has 1 heterocycles. The number of nitro benzene ring substituents is 1. The van der Waals surface area contributed by atoms with Gasteiger partial charge in [-0.15, -0.1) is 0 Å². The van der Waals surface area contributed by atoms with Crippen molar-refractivity contribution in [3.8, 4) is 0 Å². The molecule has 0 saturated carbocycles. The highest BCUT2D eigenvalue weighted by atomic mass is 16.6. The minimum absolute atomic E-state index is 0.0257. The van der Waals surface area contributed by atoms with Crippen molar-refractivity contribution < 1.29 is 28.8 Å². The van der Waals surface area contributed by atoms with Gasteiger partial charge in [-0.05, 0) is 19.9 Å². The number of benzene rings is 1. The van der Waals surface area contributed by atoms with Gasteiger partial charge in [-0.25, -0.2) is 14.4 Å². The molecule has 10 nitrogen and oxygen atoms in total. The zero-order valence-corrected chi connectivity index (χ0v) is 14.2. The van der Waals surface area contributed by atoms with Gasteiger partial charge in [0.15, 0.2) is 0 Å². The molecular weight excluding hydrogens is 346 g/mol. The summed E-state index contributed by atoms with van der Waals surface area (Å²) in [6.07, 6.45) is 0. The fraction of sp³-hybridized carbons (Fsp3) is 0.312. The van der Waals surface area contributed by atoms with E-state index in [-0.39, 0.29) is 47.8 Å². The van der Waals surface area contributed by atoms with E-state index in [1.807, 2.05) is 0 Å². The summed E-state index contributed by atoms with van der Waals surface area (Å²) >= 11 is 0. The number of ether oxygens (including phenoxy) is 2. The highest BCUT2D eigenvalue weighted by Gasteiger charge is 2.25. The van der Waals surface area contributed by atoms with Crippen LogP contribution in [0.2, 0.25) is 0 Å². The Kier molecular flexibility index (Phi) is 5.89. The molecule has 1 aliphatic heterocycles. The van der Waals surface area contributed by atoms with Crippen LogP contribution in [-0.2, 0) is 14.3 Å². The smallest absolute Gasteiger partial charge is 0.339 e. The van der Waals surface area contributed by atoms with Crippen LogP contribution >= 0.6 is 0 Å². The number of amides is 2. The lowest BCUT2D eigenvalue weighted by atomic mass is 10.1. The second kappa shape index (κ2) is 8.10. The molecule has 2 amide bonds. The topological polar surface area (TPSA) is 137 Å². The van der Waals surface area contributed by atoms with Crippen molar-refractivity contribution in [2.24, 2.45) is 0 Å². The molecule has 0 aliphatic carbocycles. The molecule has 0 spiro atoms. The molecule has 0 unspecified atom stereocenters. The third-order valence-electron chi connectivity index (χ3n) is 3.65. The average molecular weight is 363 g/mol. The van der Waals surface area contributed by atoms with Crippen molar-refractivity contribution in [1.29, 1.82) is 0 Å². The molecule has 0 radical (unpaired) electrons. The fourth-order valence-corrected chi connectivity index (χ4v) is 2.33. The maximum atomic E-state index is 12.3. The zero-order chi connectivity index (χ0) is 19.3. The van der Waals surface area contributed by atoms with Gasteiger partial charge >= 0.3 is 18.0 Å². The van der Waals surface area contributed by atoms with E-state index < -0.39 is 22.9 Å². The molecule has 0 aromatic heterocycles. The first-order chi connectivity index (χ1) is 12.3. The van der Waals surface area contributed by atoms with Crippen LogP contribution in [0.3, 0.4) is 0 Å².